The van der Waals surface area contributed by atoms with E-state index in [1.165, 1.54) is 30.6 Å². The van der Waals surface area contributed by atoms with Gasteiger partial charge in [-0.15, -0.1) is 11.3 Å². The Kier molecular flexibility index (Phi) is 3.02. The molecule has 0 aliphatic heterocycles. The molecule has 0 radical (unpaired) electrons. The van der Waals surface area contributed by atoms with Crippen molar-refractivity contribution < 1.29 is 19.1 Å². The molecule has 0 aliphatic rings. The zero-order valence-corrected chi connectivity index (χ0v) is 9.23. The van der Waals surface area contributed by atoms with E-state index in [2.05, 4.69) is 9.72 Å². The van der Waals surface area contributed by atoms with Crippen molar-refractivity contribution in [2.75, 3.05) is 7.11 Å². The van der Waals surface area contributed by atoms with Gasteiger partial charge in [0.2, 0.25) is 5.76 Å². The summed E-state index contributed by atoms with van der Waals surface area (Å²) in [6.07, 6.45) is -0.954. The molecule has 2 rings (SSSR count). The predicted octanol–water partition coefficient (Wildman–Crippen LogP) is 1.60. The first-order valence-corrected chi connectivity index (χ1v) is 5.41. The number of aromatic nitrogens is 1. The number of carbonyl (C=O) groups is 1. The van der Waals surface area contributed by atoms with Gasteiger partial charge in [-0.05, 0) is 12.1 Å². The van der Waals surface area contributed by atoms with Gasteiger partial charge < -0.3 is 14.3 Å². The van der Waals surface area contributed by atoms with Crippen LogP contribution in [0.25, 0.3) is 0 Å². The van der Waals surface area contributed by atoms with E-state index in [9.17, 15) is 9.90 Å². The Morgan fingerprint density at radius 2 is 2.44 bits per heavy atom. The molecule has 0 spiro atoms. The first-order valence-electron chi connectivity index (χ1n) is 4.46. The largest absolute Gasteiger partial charge is 0.463 e. The normalized spacial score (nSPS) is 12.4. The number of ether oxygens (including phenoxy) is 1. The van der Waals surface area contributed by atoms with Crippen LogP contribution in [-0.2, 0) is 4.74 Å². The summed E-state index contributed by atoms with van der Waals surface area (Å²) in [7, 11) is 1.27. The van der Waals surface area contributed by atoms with Gasteiger partial charge in [-0.2, -0.15) is 0 Å². The van der Waals surface area contributed by atoms with Gasteiger partial charge in [0, 0.05) is 5.38 Å². The van der Waals surface area contributed by atoms with E-state index in [1.807, 2.05) is 0 Å². The number of hydrogen-bond acceptors (Lipinski definition) is 6. The first kappa shape index (κ1) is 10.8. The number of carbonyl (C=O) groups excluding carboxylic acids is 1. The van der Waals surface area contributed by atoms with Crippen LogP contribution in [0, 0.1) is 0 Å². The minimum atomic E-state index is -0.954. The molecule has 0 aromatic carbocycles. The van der Waals surface area contributed by atoms with E-state index in [0.29, 0.717) is 5.69 Å². The molecule has 5 nitrogen and oxygen atoms in total. The molecule has 16 heavy (non-hydrogen) atoms. The molecule has 0 saturated heterocycles. The smallest absolute Gasteiger partial charge is 0.373 e. The molecular formula is C10H9NO4S. The number of hydrogen-bond donors (Lipinski definition) is 1. The molecule has 2 heterocycles. The van der Waals surface area contributed by atoms with Gasteiger partial charge in [0.1, 0.15) is 5.76 Å². The molecule has 0 bridgehead atoms. The number of methoxy groups -OCH3 is 1. The topological polar surface area (TPSA) is 72.6 Å². The maximum absolute atomic E-state index is 11.1. The highest BCUT2D eigenvalue weighted by Crippen LogP contribution is 2.23. The molecule has 2 aromatic heterocycles. The standard InChI is InChI=1S/C10H9NO4S/c1-14-10(13)8-3-2-7(15-8)9(12)6-4-16-5-11-6/h2-5,9,12H,1H3. The number of nitrogens with zero attached hydrogens (tertiary/aromatic N) is 1. The Morgan fingerprint density at radius 1 is 1.62 bits per heavy atom. The highest BCUT2D eigenvalue weighted by molar-refractivity contribution is 7.07. The molecule has 0 aliphatic carbocycles. The van der Waals surface area contributed by atoms with E-state index in [4.69, 9.17) is 4.42 Å². The number of furan rings is 1. The van der Waals surface area contributed by atoms with Crippen molar-refractivity contribution in [1.82, 2.24) is 4.98 Å². The van der Waals surface area contributed by atoms with Gasteiger partial charge in [0.25, 0.3) is 0 Å². The molecule has 1 unspecified atom stereocenters. The zero-order chi connectivity index (χ0) is 11.5. The summed E-state index contributed by atoms with van der Waals surface area (Å²) in [5.74, 6) is -0.241. The van der Waals surface area contributed by atoms with Crippen LogP contribution in [0.15, 0.2) is 27.4 Å². The number of aliphatic hydroxyl groups is 1. The Bertz CT molecular complexity index is 477. The van der Waals surface area contributed by atoms with Crippen molar-refractivity contribution in [3.63, 3.8) is 0 Å². The lowest BCUT2D eigenvalue weighted by molar-refractivity contribution is 0.0557. The molecule has 84 valence electrons. The van der Waals surface area contributed by atoms with Crippen LogP contribution < -0.4 is 0 Å². The SMILES string of the molecule is COC(=O)c1ccc(C(O)c2cscn2)o1. The van der Waals surface area contributed by atoms with Gasteiger partial charge in [-0.1, -0.05) is 0 Å². The Hall–Kier alpha value is -1.66. The van der Waals surface area contributed by atoms with Crippen LogP contribution in [0.4, 0.5) is 0 Å². The first-order chi connectivity index (χ1) is 7.72. The second kappa shape index (κ2) is 4.46. The fourth-order valence-corrected chi connectivity index (χ4v) is 1.79. The Morgan fingerprint density at radius 3 is 3.06 bits per heavy atom. The molecule has 2 aromatic rings. The van der Waals surface area contributed by atoms with Gasteiger partial charge in [-0.3, -0.25) is 0 Å². The summed E-state index contributed by atoms with van der Waals surface area (Å²) in [5.41, 5.74) is 2.11. The fourth-order valence-electron chi connectivity index (χ4n) is 1.21. The third-order valence-corrected chi connectivity index (χ3v) is 2.62. The summed E-state index contributed by atoms with van der Waals surface area (Å²) >= 11 is 1.38. The van der Waals surface area contributed by atoms with Crippen molar-refractivity contribution in [2.24, 2.45) is 0 Å². The van der Waals surface area contributed by atoms with Crippen LogP contribution in [0.2, 0.25) is 0 Å². The number of aliphatic hydroxyl groups excluding tert-OH is 1. The minimum absolute atomic E-state index is 0.0618. The summed E-state index contributed by atoms with van der Waals surface area (Å²) < 4.78 is 9.65. The summed E-state index contributed by atoms with van der Waals surface area (Å²) in [6, 6.07) is 2.98. The molecule has 1 atom stereocenters. The van der Waals surface area contributed by atoms with E-state index in [-0.39, 0.29) is 11.5 Å². The zero-order valence-electron chi connectivity index (χ0n) is 8.41. The highest BCUT2D eigenvalue weighted by atomic mass is 32.1. The van der Waals surface area contributed by atoms with Crippen molar-refractivity contribution >= 4 is 17.3 Å². The van der Waals surface area contributed by atoms with E-state index >= 15 is 0 Å². The molecule has 0 amide bonds. The minimum Gasteiger partial charge on any atom is -0.463 e. The summed E-state index contributed by atoms with van der Waals surface area (Å²) in [4.78, 5) is 15.1. The van der Waals surface area contributed by atoms with Crippen molar-refractivity contribution in [1.29, 1.82) is 0 Å². The van der Waals surface area contributed by atoms with Gasteiger partial charge in [-0.25, -0.2) is 9.78 Å². The van der Waals surface area contributed by atoms with Crippen LogP contribution >= 0.6 is 11.3 Å². The van der Waals surface area contributed by atoms with Gasteiger partial charge in [0.05, 0.1) is 18.3 Å². The third kappa shape index (κ3) is 1.98. The second-order valence-electron chi connectivity index (χ2n) is 3.01. The third-order valence-electron chi connectivity index (χ3n) is 2.01. The van der Waals surface area contributed by atoms with Crippen LogP contribution in [-0.4, -0.2) is 23.2 Å². The average Bonchev–Trinajstić information content (AvgIpc) is 2.97. The van der Waals surface area contributed by atoms with Crippen molar-refractivity contribution in [3.05, 3.63) is 40.2 Å². The summed E-state index contributed by atoms with van der Waals surface area (Å²) in [6.45, 7) is 0. The summed E-state index contributed by atoms with van der Waals surface area (Å²) in [5, 5.41) is 11.6. The van der Waals surface area contributed by atoms with Crippen LogP contribution in [0.5, 0.6) is 0 Å². The maximum Gasteiger partial charge on any atom is 0.373 e. The number of esters is 1. The van der Waals surface area contributed by atoms with Gasteiger partial charge >= 0.3 is 5.97 Å². The van der Waals surface area contributed by atoms with E-state index in [0.717, 1.165) is 0 Å². The predicted molar refractivity (Wildman–Crippen MR) is 56.2 cm³/mol. The Labute approximate surface area is 95.3 Å². The van der Waals surface area contributed by atoms with Gasteiger partial charge in [0.15, 0.2) is 6.10 Å². The molecule has 1 N–H and O–H groups in total. The molecule has 6 heteroatoms. The molecule has 0 saturated carbocycles. The second-order valence-corrected chi connectivity index (χ2v) is 3.73. The monoisotopic (exact) mass is 239 g/mol. The van der Waals surface area contributed by atoms with E-state index in [1.54, 1.807) is 10.9 Å². The lowest BCUT2D eigenvalue weighted by atomic mass is 10.2. The number of rotatable bonds is 3. The maximum atomic E-state index is 11.1. The lowest BCUT2D eigenvalue weighted by Crippen LogP contribution is -2.00. The highest BCUT2D eigenvalue weighted by Gasteiger charge is 2.19. The van der Waals surface area contributed by atoms with Crippen molar-refractivity contribution in [2.45, 2.75) is 6.10 Å². The van der Waals surface area contributed by atoms with Crippen molar-refractivity contribution in [3.8, 4) is 0 Å². The fraction of sp³-hybridized carbons (Fsp3) is 0.200. The van der Waals surface area contributed by atoms with E-state index < -0.39 is 12.1 Å². The molecule has 0 fully saturated rings. The quantitative estimate of drug-likeness (QED) is 0.824. The van der Waals surface area contributed by atoms with Crippen LogP contribution in [0.3, 0.4) is 0 Å². The molecular weight excluding hydrogens is 230 g/mol. The Balaban J connectivity index is 2.22. The number of thiazole rings is 1. The average molecular weight is 239 g/mol. The van der Waals surface area contributed by atoms with Crippen LogP contribution in [0.1, 0.15) is 28.1 Å². The lowest BCUT2D eigenvalue weighted by Gasteiger charge is -2.03.